The lowest BCUT2D eigenvalue weighted by atomic mass is 10.3. The number of hydrogen-bond acceptors (Lipinski definition) is 3. The zero-order chi connectivity index (χ0) is 14.5. The molecule has 0 aliphatic heterocycles. The first-order valence-electron chi connectivity index (χ1n) is 5.77. The molecule has 0 saturated heterocycles. The van der Waals surface area contributed by atoms with E-state index >= 15 is 0 Å². The van der Waals surface area contributed by atoms with E-state index in [1.165, 1.54) is 0 Å². The zero-order valence-corrected chi connectivity index (χ0v) is 10.4. The van der Waals surface area contributed by atoms with Crippen LogP contribution >= 0.6 is 0 Å². The number of nitrogens with two attached hydrogens (primary N) is 1. The molecule has 6 heteroatoms. The second-order valence-electron chi connectivity index (χ2n) is 4.06. The Morgan fingerprint density at radius 1 is 1.10 bits per heavy atom. The summed E-state index contributed by atoms with van der Waals surface area (Å²) in [4.78, 5) is 11.6. The summed E-state index contributed by atoms with van der Waals surface area (Å²) >= 11 is 0. The van der Waals surface area contributed by atoms with Crippen molar-refractivity contribution < 1.29 is 18.3 Å². The number of nitrogens with one attached hydrogen (secondary N) is 1. The number of anilines is 2. The number of rotatable bonds is 4. The summed E-state index contributed by atoms with van der Waals surface area (Å²) in [5.74, 6) is -2.02. The van der Waals surface area contributed by atoms with E-state index in [0.29, 0.717) is 11.4 Å². The van der Waals surface area contributed by atoms with Crippen molar-refractivity contribution in [1.82, 2.24) is 0 Å². The molecule has 2 rings (SSSR count). The van der Waals surface area contributed by atoms with Crippen LogP contribution in [0.2, 0.25) is 0 Å². The van der Waals surface area contributed by atoms with Gasteiger partial charge in [-0.2, -0.15) is 0 Å². The minimum absolute atomic E-state index is 0.0463. The smallest absolute Gasteiger partial charge is 0.262 e. The summed E-state index contributed by atoms with van der Waals surface area (Å²) in [5, 5.41) is 2.56. The second kappa shape index (κ2) is 6.01. The Bertz CT molecular complexity index is 595. The van der Waals surface area contributed by atoms with E-state index in [0.717, 1.165) is 18.2 Å². The first kappa shape index (κ1) is 13.8. The van der Waals surface area contributed by atoms with Gasteiger partial charge in [0, 0.05) is 29.6 Å². The maximum atomic E-state index is 12.9. The fraction of sp³-hybridized carbons (Fsp3) is 0.0714. The Hall–Kier alpha value is -2.63. The van der Waals surface area contributed by atoms with Gasteiger partial charge in [0.1, 0.15) is 17.4 Å². The highest BCUT2D eigenvalue weighted by Crippen LogP contribution is 2.15. The van der Waals surface area contributed by atoms with Crippen molar-refractivity contribution in [2.24, 2.45) is 0 Å². The highest BCUT2D eigenvalue weighted by Gasteiger charge is 2.06. The number of hydrogen-bond donors (Lipinski definition) is 2. The molecule has 1 amide bonds. The van der Waals surface area contributed by atoms with E-state index in [2.05, 4.69) is 5.32 Å². The summed E-state index contributed by atoms with van der Waals surface area (Å²) in [5.41, 5.74) is 6.64. The van der Waals surface area contributed by atoms with Gasteiger partial charge in [-0.15, -0.1) is 0 Å². The van der Waals surface area contributed by atoms with Crippen LogP contribution in [0.3, 0.4) is 0 Å². The van der Waals surface area contributed by atoms with Crippen molar-refractivity contribution in [2.75, 3.05) is 17.7 Å². The minimum atomic E-state index is -0.765. The predicted molar refractivity (Wildman–Crippen MR) is 71.3 cm³/mol. The Balaban J connectivity index is 1.90. The Kier molecular flexibility index (Phi) is 4.14. The van der Waals surface area contributed by atoms with Crippen LogP contribution in [0.4, 0.5) is 20.2 Å². The molecule has 0 fully saturated rings. The van der Waals surface area contributed by atoms with Gasteiger partial charge in [0.15, 0.2) is 6.61 Å². The van der Waals surface area contributed by atoms with Crippen LogP contribution in [0, 0.1) is 11.6 Å². The van der Waals surface area contributed by atoms with Gasteiger partial charge >= 0.3 is 0 Å². The van der Waals surface area contributed by atoms with Crippen LogP contribution in [-0.4, -0.2) is 12.5 Å². The number of carbonyl (C=O) groups excluding carboxylic acids is 1. The Morgan fingerprint density at radius 2 is 1.70 bits per heavy atom. The van der Waals surface area contributed by atoms with Crippen molar-refractivity contribution in [1.29, 1.82) is 0 Å². The van der Waals surface area contributed by atoms with Crippen LogP contribution < -0.4 is 15.8 Å². The Labute approximate surface area is 114 Å². The first-order valence-corrected chi connectivity index (χ1v) is 5.77. The molecule has 0 bridgehead atoms. The molecule has 0 aromatic heterocycles. The lowest BCUT2D eigenvalue weighted by Gasteiger charge is -2.08. The fourth-order valence-electron chi connectivity index (χ4n) is 1.52. The van der Waals surface area contributed by atoms with E-state index in [4.69, 9.17) is 10.5 Å². The topological polar surface area (TPSA) is 64.3 Å². The molecule has 2 aromatic rings. The molecule has 3 N–H and O–H groups in total. The van der Waals surface area contributed by atoms with Crippen LogP contribution in [0.15, 0.2) is 42.5 Å². The number of ether oxygens (including phenoxy) is 1. The maximum Gasteiger partial charge on any atom is 0.262 e. The van der Waals surface area contributed by atoms with Crippen molar-refractivity contribution in [3.05, 3.63) is 54.1 Å². The molecule has 0 unspecified atom stereocenters. The average molecular weight is 278 g/mol. The highest BCUT2D eigenvalue weighted by molar-refractivity contribution is 5.92. The fourth-order valence-corrected chi connectivity index (χ4v) is 1.52. The van der Waals surface area contributed by atoms with Gasteiger partial charge in [0.2, 0.25) is 0 Å². The highest BCUT2D eigenvalue weighted by atomic mass is 19.1. The summed E-state index contributed by atoms with van der Waals surface area (Å²) in [7, 11) is 0. The Morgan fingerprint density at radius 3 is 2.30 bits per heavy atom. The largest absolute Gasteiger partial charge is 0.484 e. The summed E-state index contributed by atoms with van der Waals surface area (Å²) in [6.45, 7) is -0.354. The van der Waals surface area contributed by atoms with Crippen molar-refractivity contribution in [2.45, 2.75) is 0 Å². The van der Waals surface area contributed by atoms with E-state index in [1.807, 2.05) is 0 Å². The molecule has 0 atom stereocenters. The molecule has 4 nitrogen and oxygen atoms in total. The third-order valence-electron chi connectivity index (χ3n) is 2.40. The monoisotopic (exact) mass is 278 g/mol. The lowest BCUT2D eigenvalue weighted by molar-refractivity contribution is -0.118. The SMILES string of the molecule is Nc1ccc(NC(=O)COc2cc(F)cc(F)c2)cc1. The van der Waals surface area contributed by atoms with E-state index < -0.39 is 17.5 Å². The predicted octanol–water partition coefficient (Wildman–Crippen LogP) is 2.56. The standard InChI is InChI=1S/C14H12F2N2O2/c15-9-5-10(16)7-13(6-9)20-8-14(19)18-12-3-1-11(17)2-4-12/h1-7H,8,17H2,(H,18,19). The van der Waals surface area contributed by atoms with Crippen molar-refractivity contribution >= 4 is 17.3 Å². The third-order valence-corrected chi connectivity index (χ3v) is 2.40. The quantitative estimate of drug-likeness (QED) is 0.845. The van der Waals surface area contributed by atoms with Gasteiger partial charge in [0.05, 0.1) is 0 Å². The zero-order valence-electron chi connectivity index (χ0n) is 10.4. The molecule has 2 aromatic carbocycles. The first-order chi connectivity index (χ1) is 9.52. The number of amides is 1. The summed E-state index contributed by atoms with van der Waals surface area (Å²) in [6, 6.07) is 9.27. The van der Waals surface area contributed by atoms with Crippen molar-refractivity contribution in [3.8, 4) is 5.75 Å². The van der Waals surface area contributed by atoms with Crippen LogP contribution in [0.5, 0.6) is 5.75 Å². The number of nitrogen functional groups attached to an aromatic ring is 1. The molecule has 0 spiro atoms. The molecule has 0 aliphatic carbocycles. The molecule has 0 saturated carbocycles. The van der Waals surface area contributed by atoms with Gasteiger partial charge in [-0.05, 0) is 24.3 Å². The molecule has 0 radical (unpaired) electrons. The van der Waals surface area contributed by atoms with Gasteiger partial charge in [-0.3, -0.25) is 4.79 Å². The second-order valence-corrected chi connectivity index (χ2v) is 4.06. The molecule has 20 heavy (non-hydrogen) atoms. The van der Waals surface area contributed by atoms with Crippen LogP contribution in [0.25, 0.3) is 0 Å². The molecule has 0 heterocycles. The average Bonchev–Trinajstić information content (AvgIpc) is 2.38. The van der Waals surface area contributed by atoms with Gasteiger partial charge < -0.3 is 15.8 Å². The minimum Gasteiger partial charge on any atom is -0.484 e. The van der Waals surface area contributed by atoms with Gasteiger partial charge in [0.25, 0.3) is 5.91 Å². The van der Waals surface area contributed by atoms with Crippen molar-refractivity contribution in [3.63, 3.8) is 0 Å². The molecule has 0 aliphatic rings. The van der Waals surface area contributed by atoms with Gasteiger partial charge in [-0.25, -0.2) is 8.78 Å². The lowest BCUT2D eigenvalue weighted by Crippen LogP contribution is -2.20. The number of halogens is 2. The van der Waals surface area contributed by atoms with E-state index in [1.54, 1.807) is 24.3 Å². The molecular weight excluding hydrogens is 266 g/mol. The molecular formula is C14H12F2N2O2. The normalized spacial score (nSPS) is 10.1. The maximum absolute atomic E-state index is 12.9. The summed E-state index contributed by atoms with van der Waals surface area (Å²) in [6.07, 6.45) is 0. The third kappa shape index (κ3) is 3.94. The summed E-state index contributed by atoms with van der Waals surface area (Å²) < 4.78 is 30.8. The number of benzene rings is 2. The molecule has 104 valence electrons. The van der Waals surface area contributed by atoms with E-state index in [-0.39, 0.29) is 12.4 Å². The van der Waals surface area contributed by atoms with E-state index in [9.17, 15) is 13.6 Å². The van der Waals surface area contributed by atoms with Crippen LogP contribution in [-0.2, 0) is 4.79 Å². The van der Waals surface area contributed by atoms with Gasteiger partial charge in [-0.1, -0.05) is 0 Å². The number of carbonyl (C=O) groups is 1. The van der Waals surface area contributed by atoms with Crippen LogP contribution in [0.1, 0.15) is 0 Å².